The molecule has 0 atom stereocenters. The van der Waals surface area contributed by atoms with Crippen molar-refractivity contribution in [1.29, 1.82) is 0 Å². The molecule has 0 heterocycles. The summed E-state index contributed by atoms with van der Waals surface area (Å²) in [6, 6.07) is 131. The number of nitrogens with zero attached hydrogens (tertiary/aromatic N) is 2. The molecule has 0 aromatic heterocycles. The van der Waals surface area contributed by atoms with Gasteiger partial charge in [0.15, 0.2) is 0 Å². The lowest BCUT2D eigenvalue weighted by atomic mass is 9.91. The van der Waals surface area contributed by atoms with E-state index in [1.165, 1.54) is 150 Å². The predicted molar refractivity (Wildman–Crippen MR) is 481 cm³/mol. The Balaban J connectivity index is 0.000000177. The highest BCUT2D eigenvalue weighted by Gasteiger charge is 2.20. The molecule has 2 aliphatic rings. The van der Waals surface area contributed by atoms with E-state index in [1.807, 2.05) is 0 Å². The minimum atomic E-state index is 1.14. The van der Waals surface area contributed by atoms with E-state index in [2.05, 4.69) is 461 Å². The van der Waals surface area contributed by atoms with Crippen LogP contribution in [0.5, 0.6) is 0 Å². The van der Waals surface area contributed by atoms with Crippen LogP contribution in [0, 0.1) is 13.8 Å². The number of benzene rings is 14. The number of fused-ring (bicyclic) bond motifs is 2. The van der Waals surface area contributed by atoms with Crippen molar-refractivity contribution in [3.63, 3.8) is 0 Å². The van der Waals surface area contributed by atoms with E-state index in [9.17, 15) is 0 Å². The number of rotatable bonds is 22. The van der Waals surface area contributed by atoms with Crippen LogP contribution in [0.3, 0.4) is 0 Å². The summed E-state index contributed by atoms with van der Waals surface area (Å²) >= 11 is 0. The molecule has 0 N–H and O–H groups in total. The van der Waals surface area contributed by atoms with Crippen molar-refractivity contribution in [3.05, 3.63) is 513 Å². The fraction of sp³-hybridized carbons (Fsp3) is 0.0909. The lowest BCUT2D eigenvalue weighted by Crippen LogP contribution is -2.12. The average Bonchev–Trinajstić information content (AvgIpc) is 0.797. The van der Waals surface area contributed by atoms with E-state index in [-0.39, 0.29) is 0 Å². The lowest BCUT2D eigenvalue weighted by molar-refractivity contribution is 0.685. The first kappa shape index (κ1) is 74.1. The maximum atomic E-state index is 2.41. The molecule has 0 bridgehead atoms. The third-order valence-corrected chi connectivity index (χ3v) is 21.2. The molecule has 16 rings (SSSR count). The maximum absolute atomic E-state index is 2.41. The van der Waals surface area contributed by atoms with Crippen molar-refractivity contribution in [3.8, 4) is 0 Å². The van der Waals surface area contributed by atoms with Gasteiger partial charge in [-0.3, -0.25) is 0 Å². The highest BCUT2D eigenvalue weighted by atomic mass is 15.1. The van der Waals surface area contributed by atoms with Gasteiger partial charge in [0.05, 0.1) is 0 Å². The van der Waals surface area contributed by atoms with Gasteiger partial charge in [0.25, 0.3) is 0 Å². The Labute approximate surface area is 664 Å². The smallest absolute Gasteiger partial charge is 0.0464 e. The first-order valence-electron chi connectivity index (χ1n) is 39.6. The van der Waals surface area contributed by atoms with Crippen LogP contribution in [0.4, 0.5) is 34.1 Å². The quantitative estimate of drug-likeness (QED) is 0.0624. The van der Waals surface area contributed by atoms with Crippen LogP contribution in [0.25, 0.3) is 46.6 Å². The second-order valence-electron chi connectivity index (χ2n) is 29.0. The monoisotopic (exact) mass is 1440 g/mol. The largest absolute Gasteiger partial charge is 0.310 e. The zero-order valence-corrected chi connectivity index (χ0v) is 64.1. The SMILES string of the molecule is C(/C=C/c1ccc(N(c2ccc(/C=C/C=C(c3ccccc3)c3ccccc3)cc2)c2ccc3c(c2)CCCC3)cc1)=C(c1ccccc1)c1ccccc1.Cc1ccc(C(=C/C=C/c2ccc(N(c3ccc(/C=C/C=C(c4ccccc4)c4ccccc4)cc3)c3ccc4c(c3)CCCC4)cc2)c2ccc(C)cc2)cc1. The molecule has 0 saturated carbocycles. The summed E-state index contributed by atoms with van der Waals surface area (Å²) in [6.07, 6.45) is 36.0. The van der Waals surface area contributed by atoms with E-state index < -0.39 is 0 Å². The molecule has 2 aliphatic carbocycles. The zero-order chi connectivity index (χ0) is 75.9. The normalized spacial score (nSPS) is 12.3. The van der Waals surface area contributed by atoms with Gasteiger partial charge >= 0.3 is 0 Å². The summed E-state index contributed by atoms with van der Waals surface area (Å²) in [6.45, 7) is 4.27. The van der Waals surface area contributed by atoms with Gasteiger partial charge in [0.1, 0.15) is 0 Å². The lowest BCUT2D eigenvalue weighted by Gasteiger charge is -2.27. The Morgan fingerprint density at radius 2 is 0.411 bits per heavy atom. The fourth-order valence-corrected chi connectivity index (χ4v) is 15.2. The molecule has 112 heavy (non-hydrogen) atoms. The van der Waals surface area contributed by atoms with Gasteiger partial charge < -0.3 is 9.80 Å². The Morgan fingerprint density at radius 1 is 0.205 bits per heavy atom. The number of hydrogen-bond acceptors (Lipinski definition) is 2. The third-order valence-electron chi connectivity index (χ3n) is 21.2. The first-order valence-corrected chi connectivity index (χ1v) is 39.6. The molecule has 0 spiro atoms. The summed E-state index contributed by atoms with van der Waals surface area (Å²) < 4.78 is 0. The predicted octanol–water partition coefficient (Wildman–Crippen LogP) is 29.3. The number of anilines is 6. The van der Waals surface area contributed by atoms with Crippen LogP contribution in [-0.2, 0) is 25.7 Å². The summed E-state index contributed by atoms with van der Waals surface area (Å²) in [5.74, 6) is 0. The Kier molecular flexibility index (Phi) is 24.6. The summed E-state index contributed by atoms with van der Waals surface area (Å²) in [4.78, 5) is 4.78. The highest BCUT2D eigenvalue weighted by molar-refractivity contribution is 5.87. The summed E-state index contributed by atoms with van der Waals surface area (Å²) in [5.41, 5.74) is 34.5. The molecule has 0 radical (unpaired) electrons. The van der Waals surface area contributed by atoms with E-state index in [0.717, 1.165) is 57.8 Å². The van der Waals surface area contributed by atoms with Crippen LogP contribution < -0.4 is 9.80 Å². The summed E-state index contributed by atoms with van der Waals surface area (Å²) in [5, 5.41) is 0. The molecule has 14 aromatic carbocycles. The molecule has 2 heteroatoms. The van der Waals surface area contributed by atoms with Crippen molar-refractivity contribution < 1.29 is 0 Å². The van der Waals surface area contributed by atoms with Gasteiger partial charge in [-0.05, 0) is 249 Å². The fourth-order valence-electron chi connectivity index (χ4n) is 15.2. The van der Waals surface area contributed by atoms with Gasteiger partial charge in [0, 0.05) is 34.1 Å². The molecular weight excluding hydrogens is 1350 g/mol. The second-order valence-corrected chi connectivity index (χ2v) is 29.0. The van der Waals surface area contributed by atoms with E-state index in [0.29, 0.717) is 0 Å². The molecule has 14 aromatic rings. The van der Waals surface area contributed by atoms with Gasteiger partial charge in [-0.2, -0.15) is 0 Å². The molecule has 0 saturated heterocycles. The van der Waals surface area contributed by atoms with E-state index >= 15 is 0 Å². The zero-order valence-electron chi connectivity index (χ0n) is 64.1. The highest BCUT2D eigenvalue weighted by Crippen LogP contribution is 2.40. The Hall–Kier alpha value is -13.4. The number of hydrogen-bond donors (Lipinski definition) is 0. The molecule has 0 unspecified atom stereocenters. The minimum absolute atomic E-state index is 1.14. The van der Waals surface area contributed by atoms with Crippen LogP contribution in [0.1, 0.15) is 126 Å². The Morgan fingerprint density at radius 3 is 0.643 bits per heavy atom. The van der Waals surface area contributed by atoms with Gasteiger partial charge in [0.2, 0.25) is 0 Å². The standard InChI is InChI=1S/C56H49N.C54H45N/c1-42-23-31-49(32-24-42)56(50-33-25-43(2)26-34-50)22-12-14-45-29-38-53(39-30-45)57(54-40-35-46-15-9-10-20-51(46)41-54)52-36-27-44(28-37-52)13-11-21-55(47-16-5-3-6-17-47)48-18-7-4-8-19-48;1-5-20-45(21-6-1)53(46-22-7-2-8-23-46)29-15-17-42-31-36-50(37-32-42)55(52-40-35-44-19-13-14-28-49(44)41-52)51-38-33-43(34-39-51)18-16-30-54(47-24-9-3-10-25-47)48-26-11-4-12-27-48/h3-8,11-14,16-19,21-41H,9-10,15,20H2,1-2H3;1-12,15-18,20-27,29-41H,13-14,19,28H2/b13-11+,14-12+;17-15+,18-16+. The van der Waals surface area contributed by atoms with Crippen molar-refractivity contribution in [2.75, 3.05) is 9.80 Å². The average molecular weight is 1440 g/mol. The topological polar surface area (TPSA) is 6.48 Å². The molecule has 544 valence electrons. The molecule has 0 fully saturated rings. The molecular formula is C110H94N2. The molecule has 0 aliphatic heterocycles. The van der Waals surface area contributed by atoms with Crippen LogP contribution in [0.2, 0.25) is 0 Å². The number of aryl methyl sites for hydroxylation is 6. The van der Waals surface area contributed by atoms with Crippen molar-refractivity contribution >= 4 is 80.7 Å². The van der Waals surface area contributed by atoms with Crippen molar-refractivity contribution in [2.24, 2.45) is 0 Å². The van der Waals surface area contributed by atoms with Crippen LogP contribution >= 0.6 is 0 Å². The third kappa shape index (κ3) is 19.2. The number of allylic oxidation sites excluding steroid dienone is 8. The first-order chi connectivity index (χ1) is 55.3. The van der Waals surface area contributed by atoms with E-state index in [1.54, 1.807) is 0 Å². The molecule has 0 amide bonds. The van der Waals surface area contributed by atoms with E-state index in [4.69, 9.17) is 0 Å². The summed E-state index contributed by atoms with van der Waals surface area (Å²) in [7, 11) is 0. The van der Waals surface area contributed by atoms with Gasteiger partial charge in [-0.1, -0.05) is 375 Å². The second kappa shape index (κ2) is 37.1. The van der Waals surface area contributed by atoms with Gasteiger partial charge in [-0.15, -0.1) is 0 Å². The Bertz CT molecular complexity index is 5330. The minimum Gasteiger partial charge on any atom is -0.310 e. The van der Waals surface area contributed by atoms with Crippen molar-refractivity contribution in [2.45, 2.75) is 65.2 Å². The van der Waals surface area contributed by atoms with Crippen LogP contribution in [-0.4, -0.2) is 0 Å². The van der Waals surface area contributed by atoms with Gasteiger partial charge in [-0.25, -0.2) is 0 Å². The van der Waals surface area contributed by atoms with Crippen molar-refractivity contribution in [1.82, 2.24) is 0 Å². The maximum Gasteiger partial charge on any atom is 0.0464 e. The van der Waals surface area contributed by atoms with Crippen LogP contribution in [0.15, 0.2) is 413 Å². The molecule has 2 nitrogen and oxygen atoms in total.